The average Bonchev–Trinajstić information content (AvgIpc) is 1.78. The first-order valence-corrected chi connectivity index (χ1v) is 33.4. The summed E-state index contributed by atoms with van der Waals surface area (Å²) in [4.78, 5) is 7.93. The van der Waals surface area contributed by atoms with Gasteiger partial charge in [-0.3, -0.25) is 0 Å². The Morgan fingerprint density at radius 3 is 1.40 bits per heavy atom. The van der Waals surface area contributed by atoms with Gasteiger partial charge in [-0.2, -0.15) is 0 Å². The largest absolute Gasteiger partial charge is 0.311 e. The van der Waals surface area contributed by atoms with E-state index in [4.69, 9.17) is 0 Å². The summed E-state index contributed by atoms with van der Waals surface area (Å²) >= 11 is 1.91. The van der Waals surface area contributed by atoms with Gasteiger partial charge in [-0.15, -0.1) is 11.3 Å². The molecule has 0 saturated heterocycles. The highest BCUT2D eigenvalue weighted by atomic mass is 32.1. The molecular weight excluding hydrogens is 1070 g/mol. The number of hydrogen-bond donors (Lipinski definition) is 0. The van der Waals surface area contributed by atoms with E-state index in [0.717, 1.165) is 60.5 Å². The average molecular weight is 1160 g/mol. The van der Waals surface area contributed by atoms with Gasteiger partial charge in [-0.05, 0) is 216 Å². The molecule has 1 aromatic heterocycles. The molecule has 0 N–H and O–H groups in total. The Balaban J connectivity index is 1.19. The van der Waals surface area contributed by atoms with Crippen LogP contribution in [0.2, 0.25) is 0 Å². The van der Waals surface area contributed by atoms with Crippen LogP contribution in [0.3, 0.4) is 0 Å². The van der Waals surface area contributed by atoms with Gasteiger partial charge < -0.3 is 14.7 Å². The van der Waals surface area contributed by atoms with Gasteiger partial charge in [0.25, 0.3) is 0 Å². The van der Waals surface area contributed by atoms with Gasteiger partial charge in [-0.1, -0.05) is 209 Å². The summed E-state index contributed by atoms with van der Waals surface area (Å²) in [6.07, 6.45) is 6.93. The lowest BCUT2D eigenvalue weighted by Crippen LogP contribution is -2.43. The van der Waals surface area contributed by atoms with E-state index < -0.39 is 0 Å². The Morgan fingerprint density at radius 1 is 0.391 bits per heavy atom. The van der Waals surface area contributed by atoms with Crippen molar-refractivity contribution in [1.82, 2.24) is 0 Å². The standard InChI is InChI=1S/C82H93BN3S/c1-75(2,3)53-29-35-68(59(43-53)52-25-21-19-22-26-52)86-69-36-30-54(76(4,5)6)44-67(69)83-74-70(47-58(48-71(74)86)84(55-27-23-20-24-28-55)56-31-33-61-63(45-56)79(11,12)39-37-77(61,7)8)85(57-32-34-62-64(46-57)80(13,14)40-38-78(62,9)10)72-51-87-73-50-66-65(49-60(72)73)81(15,16)41-42-82(66,17)18/h19-36,43-51H,37-42H2,1-18H3. The first-order chi connectivity index (χ1) is 40.8. The number of fused-ring (bicyclic) bond motifs is 6. The molecule has 0 amide bonds. The lowest BCUT2D eigenvalue weighted by Gasteiger charge is -2.43. The van der Waals surface area contributed by atoms with Crippen molar-refractivity contribution in [2.24, 2.45) is 0 Å². The van der Waals surface area contributed by atoms with Gasteiger partial charge >= 0.3 is 0 Å². The predicted octanol–water partition coefficient (Wildman–Crippen LogP) is 22.6. The van der Waals surface area contributed by atoms with E-state index in [2.05, 4.69) is 310 Å². The molecule has 87 heavy (non-hydrogen) atoms. The molecule has 0 spiro atoms. The first kappa shape index (κ1) is 59.2. The van der Waals surface area contributed by atoms with E-state index in [0.29, 0.717) is 0 Å². The molecule has 4 aliphatic rings. The van der Waals surface area contributed by atoms with Crippen LogP contribution in [0.25, 0.3) is 21.2 Å². The normalized spacial score (nSPS) is 18.3. The predicted molar refractivity (Wildman–Crippen MR) is 380 cm³/mol. The molecule has 2 heterocycles. The third-order valence-corrected chi connectivity index (χ3v) is 22.4. The molecule has 1 radical (unpaired) electrons. The Morgan fingerprint density at radius 2 is 0.862 bits per heavy atom. The zero-order chi connectivity index (χ0) is 61.8. The molecule has 0 fully saturated rings. The molecule has 445 valence electrons. The minimum atomic E-state index is -0.0775. The van der Waals surface area contributed by atoms with Crippen LogP contribution in [0.15, 0.2) is 163 Å². The Labute approximate surface area is 527 Å². The van der Waals surface area contributed by atoms with E-state index in [1.165, 1.54) is 106 Å². The van der Waals surface area contributed by atoms with Gasteiger partial charge in [0.15, 0.2) is 7.28 Å². The summed E-state index contributed by atoms with van der Waals surface area (Å²) in [7, 11) is 2.55. The van der Waals surface area contributed by atoms with Crippen LogP contribution in [0, 0.1) is 0 Å². The van der Waals surface area contributed by atoms with E-state index in [1.54, 1.807) is 0 Å². The molecule has 8 aromatic carbocycles. The van der Waals surface area contributed by atoms with Crippen LogP contribution in [-0.4, -0.2) is 7.28 Å². The third-order valence-electron chi connectivity index (χ3n) is 21.5. The molecule has 3 nitrogen and oxygen atoms in total. The van der Waals surface area contributed by atoms with E-state index in [9.17, 15) is 0 Å². The minimum Gasteiger partial charge on any atom is -0.311 e. The molecule has 0 unspecified atom stereocenters. The number of thiophene rings is 1. The maximum Gasteiger partial charge on any atom is 0.199 e. The molecule has 0 bridgehead atoms. The van der Waals surface area contributed by atoms with E-state index in [-0.39, 0.29) is 43.3 Å². The maximum absolute atomic E-state index is 2.71. The zero-order valence-electron chi connectivity index (χ0n) is 55.7. The van der Waals surface area contributed by atoms with Crippen molar-refractivity contribution in [1.29, 1.82) is 0 Å². The fourth-order valence-corrected chi connectivity index (χ4v) is 16.2. The van der Waals surface area contributed by atoms with Crippen LogP contribution in [-0.2, 0) is 43.3 Å². The number of nitrogens with zero attached hydrogens (tertiary/aromatic N) is 3. The Bertz CT molecular complexity index is 4180. The van der Waals surface area contributed by atoms with Crippen molar-refractivity contribution in [3.8, 4) is 11.1 Å². The van der Waals surface area contributed by atoms with Crippen molar-refractivity contribution >= 4 is 90.8 Å². The summed E-state index contributed by atoms with van der Waals surface area (Å²) in [5, 5.41) is 3.81. The summed E-state index contributed by atoms with van der Waals surface area (Å²) < 4.78 is 1.34. The summed E-state index contributed by atoms with van der Waals surface area (Å²) in [6, 6.07) is 62.3. The highest BCUT2D eigenvalue weighted by molar-refractivity contribution is 7.17. The molecule has 5 heteroatoms. The van der Waals surface area contributed by atoms with Crippen LogP contribution in [0.5, 0.6) is 0 Å². The fraction of sp³-hybridized carbons (Fsp3) is 0.390. The molecule has 0 atom stereocenters. The van der Waals surface area contributed by atoms with Gasteiger partial charge in [0.05, 0.1) is 17.1 Å². The van der Waals surface area contributed by atoms with Crippen LogP contribution in [0.4, 0.5) is 51.2 Å². The Kier molecular flexibility index (Phi) is 13.8. The molecule has 9 aromatic rings. The van der Waals surface area contributed by atoms with E-state index >= 15 is 0 Å². The fourth-order valence-electron chi connectivity index (χ4n) is 15.3. The van der Waals surface area contributed by atoms with Crippen molar-refractivity contribution in [2.45, 2.75) is 206 Å². The van der Waals surface area contributed by atoms with Crippen molar-refractivity contribution in [3.05, 3.63) is 208 Å². The summed E-state index contributed by atoms with van der Waals surface area (Å²) in [6.45, 7) is 43.7. The molecule has 0 saturated carbocycles. The van der Waals surface area contributed by atoms with E-state index in [1.807, 2.05) is 11.3 Å². The highest BCUT2D eigenvalue weighted by Crippen LogP contribution is 2.56. The lowest BCUT2D eigenvalue weighted by molar-refractivity contribution is 0.332. The van der Waals surface area contributed by atoms with Crippen LogP contribution < -0.4 is 25.6 Å². The monoisotopic (exact) mass is 1160 g/mol. The highest BCUT2D eigenvalue weighted by Gasteiger charge is 2.42. The SMILES string of the molecule is CC(C)(C)c1ccc2c(c1)[B]c1c(cc(N(c3ccccc3)c3ccc4c(c3)C(C)(C)CCC4(C)C)cc1N(c1ccc3c(c1)C(C)(C)CCC3(C)C)c1csc3cc4c(cc13)C(C)(C)CCC4(C)C)N2c1ccc(C(C)(C)C)cc1-c1ccccc1. The smallest absolute Gasteiger partial charge is 0.199 e. The Hall–Kier alpha value is -6.82. The lowest BCUT2D eigenvalue weighted by atomic mass is 9.58. The molecule has 1 aliphatic heterocycles. The number of anilines is 9. The number of rotatable bonds is 8. The van der Waals surface area contributed by atoms with Gasteiger partial charge in [-0.25, -0.2) is 0 Å². The zero-order valence-corrected chi connectivity index (χ0v) is 56.5. The number of para-hydroxylation sites is 1. The topological polar surface area (TPSA) is 9.72 Å². The van der Waals surface area contributed by atoms with Crippen LogP contribution in [0.1, 0.15) is 208 Å². The van der Waals surface area contributed by atoms with Gasteiger partial charge in [0.1, 0.15) is 0 Å². The van der Waals surface area contributed by atoms with Crippen LogP contribution >= 0.6 is 11.3 Å². The quantitative estimate of drug-likeness (QED) is 0.140. The number of benzene rings is 8. The van der Waals surface area contributed by atoms with Gasteiger partial charge in [0.2, 0.25) is 0 Å². The second kappa shape index (κ2) is 20.4. The molecule has 3 aliphatic carbocycles. The second-order valence-electron chi connectivity index (χ2n) is 32.5. The second-order valence-corrected chi connectivity index (χ2v) is 33.4. The first-order valence-electron chi connectivity index (χ1n) is 32.5. The van der Waals surface area contributed by atoms with Crippen molar-refractivity contribution in [3.63, 3.8) is 0 Å². The molecule has 13 rings (SSSR count). The molecular formula is C82H93BN3S. The number of hydrogen-bond acceptors (Lipinski definition) is 4. The summed E-state index contributed by atoms with van der Waals surface area (Å²) in [5.74, 6) is 0. The maximum atomic E-state index is 2.71. The van der Waals surface area contributed by atoms with Crippen molar-refractivity contribution < 1.29 is 0 Å². The minimum absolute atomic E-state index is 0.00718. The third kappa shape index (κ3) is 10.2. The van der Waals surface area contributed by atoms with Gasteiger partial charge in [0, 0.05) is 55.2 Å². The van der Waals surface area contributed by atoms with Crippen molar-refractivity contribution in [2.75, 3.05) is 14.7 Å². The summed E-state index contributed by atoms with van der Waals surface area (Å²) in [5.41, 5.74) is 26.7.